The molecule has 2 saturated carbocycles. The molecule has 0 unspecified atom stereocenters. The van der Waals surface area contributed by atoms with Gasteiger partial charge in [0.05, 0.1) is 27.2 Å². The predicted octanol–water partition coefficient (Wildman–Crippen LogP) is 7.16. The third-order valence-electron chi connectivity index (χ3n) is 7.88. The van der Waals surface area contributed by atoms with Crippen LogP contribution in [0.2, 0.25) is 10.0 Å². The normalized spacial score (nSPS) is 20.0. The highest BCUT2D eigenvalue weighted by atomic mass is 35.5. The van der Waals surface area contributed by atoms with E-state index in [1.165, 1.54) is 12.1 Å². The van der Waals surface area contributed by atoms with Gasteiger partial charge in [0.1, 0.15) is 5.56 Å². The molecule has 2 aliphatic rings. The number of halogens is 9. The number of alkyl halides is 7. The van der Waals surface area contributed by atoms with Gasteiger partial charge >= 0.3 is 6.18 Å². The molecule has 4 N–H and O–H groups in total. The fourth-order valence-electron chi connectivity index (χ4n) is 5.37. The molecule has 2 fully saturated rings. The second-order valence-corrected chi connectivity index (χ2v) is 12.0. The highest BCUT2D eigenvalue weighted by Crippen LogP contribution is 2.43. The van der Waals surface area contributed by atoms with Gasteiger partial charge in [-0.25, -0.2) is 17.6 Å². The molecule has 46 heavy (non-hydrogen) atoms. The summed E-state index contributed by atoms with van der Waals surface area (Å²) in [6.45, 7) is -1.16. The van der Waals surface area contributed by atoms with Crippen molar-refractivity contribution in [3.63, 3.8) is 0 Å². The Kier molecular flexibility index (Phi) is 9.78. The maximum absolute atomic E-state index is 13.1. The van der Waals surface area contributed by atoms with Crippen LogP contribution in [0.4, 0.5) is 42.4 Å². The molecule has 250 valence electrons. The summed E-state index contributed by atoms with van der Waals surface area (Å²) in [6.07, 6.45) is -8.42. The van der Waals surface area contributed by atoms with E-state index in [-0.39, 0.29) is 70.6 Å². The summed E-state index contributed by atoms with van der Waals surface area (Å²) in [5, 5.41) is 8.33. The number of anilines is 2. The van der Waals surface area contributed by atoms with E-state index in [0.29, 0.717) is 5.56 Å². The summed E-state index contributed by atoms with van der Waals surface area (Å²) in [4.78, 5) is 36.6. The molecule has 0 atom stereocenters. The number of nitrogens with one attached hydrogen (secondary N) is 4. The zero-order chi connectivity index (χ0) is 33.4. The van der Waals surface area contributed by atoms with E-state index >= 15 is 0 Å². The van der Waals surface area contributed by atoms with Crippen LogP contribution in [0.3, 0.4) is 0 Å². The van der Waals surface area contributed by atoms with Gasteiger partial charge in [-0.1, -0.05) is 29.3 Å². The predicted molar refractivity (Wildman–Crippen MR) is 154 cm³/mol. The monoisotopic (exact) mass is 698 g/mol. The molecular formula is C28H27Cl2F7N6O3. The Balaban J connectivity index is 1.32. The van der Waals surface area contributed by atoms with Crippen LogP contribution in [-0.2, 0) is 11.3 Å². The lowest BCUT2D eigenvalue weighted by Gasteiger charge is -2.33. The highest BCUT2D eigenvalue weighted by molar-refractivity contribution is 6.39. The lowest BCUT2D eigenvalue weighted by atomic mass is 9.81. The number of aromatic nitrogens is 3. The Morgan fingerprint density at radius 3 is 2.41 bits per heavy atom. The van der Waals surface area contributed by atoms with Crippen molar-refractivity contribution in [1.82, 2.24) is 25.6 Å². The fourth-order valence-corrected chi connectivity index (χ4v) is 5.90. The first-order chi connectivity index (χ1) is 21.6. The number of hydrogen-bond acceptors (Lipinski definition) is 6. The molecule has 0 bridgehead atoms. The maximum Gasteiger partial charge on any atom is 0.391 e. The Morgan fingerprint density at radius 2 is 1.78 bits per heavy atom. The molecule has 9 nitrogen and oxygen atoms in total. The quantitative estimate of drug-likeness (QED) is 0.167. The third kappa shape index (κ3) is 7.88. The van der Waals surface area contributed by atoms with Crippen molar-refractivity contribution in [3.05, 3.63) is 39.4 Å². The number of aromatic amines is 1. The van der Waals surface area contributed by atoms with Crippen LogP contribution in [0.1, 0.15) is 54.4 Å². The Labute approximate surface area is 266 Å². The summed E-state index contributed by atoms with van der Waals surface area (Å²) < 4.78 is 96.4. The first kappa shape index (κ1) is 33.8. The van der Waals surface area contributed by atoms with Gasteiger partial charge < -0.3 is 25.7 Å². The number of fused-ring (bicyclic) bond motifs is 1. The van der Waals surface area contributed by atoms with E-state index in [9.17, 15) is 40.3 Å². The van der Waals surface area contributed by atoms with Crippen LogP contribution >= 0.6 is 23.2 Å². The van der Waals surface area contributed by atoms with Crippen LogP contribution in [0.5, 0.6) is 5.88 Å². The lowest BCUT2D eigenvalue weighted by molar-refractivity contribution is -0.182. The van der Waals surface area contributed by atoms with Gasteiger partial charge in [0.25, 0.3) is 12.3 Å². The average molecular weight is 699 g/mol. The second kappa shape index (κ2) is 13.3. The number of ether oxygens (including phenoxy) is 1. The zero-order valence-corrected chi connectivity index (χ0v) is 25.2. The number of pyridine rings is 1. The molecule has 0 saturated heterocycles. The standard InChI is InChI=1S/C28H27Cl2F7N6O3/c29-17-6-1-12(10-38-23(44)13-8-27(33,34)9-13)20(30)21(17)41-26-40-18-7-16(25(42-22(18)43-26)46-11-19(31)32)24(45)39-15-4-2-14(3-5-15)28(35,36)37/h1,6-7,13-15,19H,2-5,8-11H2,(H,38,44)(H,39,45)(H2,40,41,42,43). The number of H-pyrrole nitrogens is 1. The number of benzene rings is 1. The van der Waals surface area contributed by atoms with Crippen LogP contribution in [0, 0.1) is 11.8 Å². The van der Waals surface area contributed by atoms with Gasteiger partial charge in [-0.15, -0.1) is 0 Å². The second-order valence-electron chi connectivity index (χ2n) is 11.3. The van der Waals surface area contributed by atoms with Gasteiger partial charge in [0.15, 0.2) is 12.3 Å². The van der Waals surface area contributed by atoms with Crippen LogP contribution < -0.4 is 20.7 Å². The molecule has 5 rings (SSSR count). The molecule has 18 heteroatoms. The van der Waals surface area contributed by atoms with E-state index < -0.39 is 73.5 Å². The molecule has 1 aromatic carbocycles. The average Bonchev–Trinajstić information content (AvgIpc) is 3.37. The lowest BCUT2D eigenvalue weighted by Crippen LogP contribution is -2.44. The number of nitrogens with zero attached hydrogens (tertiary/aromatic N) is 2. The summed E-state index contributed by atoms with van der Waals surface area (Å²) >= 11 is 12.9. The van der Waals surface area contributed by atoms with E-state index in [0.717, 1.165) is 0 Å². The number of carbonyl (C=O) groups is 2. The minimum Gasteiger partial charge on any atom is -0.471 e. The van der Waals surface area contributed by atoms with E-state index in [1.54, 1.807) is 6.07 Å². The van der Waals surface area contributed by atoms with Gasteiger partial charge in [-0.3, -0.25) is 9.59 Å². The van der Waals surface area contributed by atoms with Crippen molar-refractivity contribution in [2.45, 2.75) is 69.6 Å². The smallest absolute Gasteiger partial charge is 0.391 e. The molecular weight excluding hydrogens is 672 g/mol. The van der Waals surface area contributed by atoms with Crippen molar-refractivity contribution in [3.8, 4) is 5.88 Å². The SMILES string of the molecule is O=C(NC1CCC(C(F)(F)F)CC1)c1cc2[nH]c(Nc3c(Cl)ccc(CNC(=O)C4CC(F)(F)C4)c3Cl)nc2nc1OCC(F)F. The molecule has 0 aliphatic heterocycles. The molecule has 2 heterocycles. The van der Waals surface area contributed by atoms with E-state index in [2.05, 4.69) is 30.9 Å². The third-order valence-corrected chi connectivity index (χ3v) is 8.63. The molecule has 0 spiro atoms. The summed E-state index contributed by atoms with van der Waals surface area (Å²) in [6, 6.07) is 3.71. The van der Waals surface area contributed by atoms with Gasteiger partial charge in [-0.2, -0.15) is 23.1 Å². The fraction of sp³-hybridized carbons (Fsp3) is 0.500. The van der Waals surface area contributed by atoms with Crippen molar-refractivity contribution >= 4 is 57.8 Å². The largest absolute Gasteiger partial charge is 0.471 e. The first-order valence-electron chi connectivity index (χ1n) is 14.2. The summed E-state index contributed by atoms with van der Waals surface area (Å²) in [7, 11) is 0. The zero-order valence-electron chi connectivity index (χ0n) is 23.7. The van der Waals surface area contributed by atoms with Crippen molar-refractivity contribution in [2.75, 3.05) is 11.9 Å². The number of imidazole rings is 1. The molecule has 0 radical (unpaired) electrons. The molecule has 2 amide bonds. The number of rotatable bonds is 10. The highest BCUT2D eigenvalue weighted by Gasteiger charge is 2.48. The number of carbonyl (C=O) groups excluding carboxylic acids is 2. The van der Waals surface area contributed by atoms with Crippen molar-refractivity contribution < 1.29 is 45.1 Å². The molecule has 2 aromatic heterocycles. The number of amides is 2. The van der Waals surface area contributed by atoms with Gasteiger partial charge in [0, 0.05) is 31.3 Å². The Bertz CT molecular complexity index is 1600. The van der Waals surface area contributed by atoms with Crippen molar-refractivity contribution in [2.24, 2.45) is 11.8 Å². The summed E-state index contributed by atoms with van der Waals surface area (Å²) in [5.41, 5.74) is 0.464. The molecule has 2 aliphatic carbocycles. The maximum atomic E-state index is 13.1. The van der Waals surface area contributed by atoms with Gasteiger partial charge in [-0.05, 0) is 43.4 Å². The first-order valence-corrected chi connectivity index (χ1v) is 14.9. The minimum atomic E-state index is -4.32. The number of hydrogen-bond donors (Lipinski definition) is 4. The van der Waals surface area contributed by atoms with E-state index in [1.807, 2.05) is 0 Å². The molecule has 3 aromatic rings. The minimum absolute atomic E-state index is 0.0204. The Morgan fingerprint density at radius 1 is 1.09 bits per heavy atom. The Hall–Kier alpha value is -3.53. The van der Waals surface area contributed by atoms with Crippen LogP contribution in [0.25, 0.3) is 11.2 Å². The summed E-state index contributed by atoms with van der Waals surface area (Å²) in [5.74, 6) is -6.84. The van der Waals surface area contributed by atoms with E-state index in [4.69, 9.17) is 27.9 Å². The topological polar surface area (TPSA) is 121 Å². The van der Waals surface area contributed by atoms with Gasteiger partial charge in [0.2, 0.25) is 23.7 Å². The van der Waals surface area contributed by atoms with Crippen molar-refractivity contribution in [1.29, 1.82) is 0 Å². The van der Waals surface area contributed by atoms with Crippen LogP contribution in [-0.4, -0.2) is 57.9 Å². The van der Waals surface area contributed by atoms with Crippen LogP contribution in [0.15, 0.2) is 18.2 Å².